The lowest BCUT2D eigenvalue weighted by Gasteiger charge is -2.08. The molecular weight excluding hydrogens is 172 g/mol. The second-order valence-corrected chi connectivity index (χ2v) is 2.87. The number of carboxylic acid groups (broad SMARTS) is 1. The topological polar surface area (TPSA) is 63.6 Å². The predicted octanol–water partition coefficient (Wildman–Crippen LogP) is 1.44. The average Bonchev–Trinajstić information content (AvgIpc) is 2.10. The van der Waals surface area contributed by atoms with E-state index >= 15 is 0 Å². The van der Waals surface area contributed by atoms with Crippen LogP contribution in [-0.4, -0.2) is 23.7 Å². The highest BCUT2D eigenvalue weighted by Crippen LogP contribution is 2.09. The number of rotatable bonds is 6. The maximum Gasteiger partial charge on any atom is 0.307 e. The maximum atomic E-state index is 11.0. The summed E-state index contributed by atoms with van der Waals surface area (Å²) in [5.74, 6) is -1.96. The number of ether oxygens (including phenoxy) is 1. The third-order valence-electron chi connectivity index (χ3n) is 1.72. The van der Waals surface area contributed by atoms with Crippen LogP contribution in [0.4, 0.5) is 0 Å². The Hall–Kier alpha value is -1.06. The predicted molar refractivity (Wildman–Crippen MR) is 47.3 cm³/mol. The summed E-state index contributed by atoms with van der Waals surface area (Å²) in [4.78, 5) is 21.5. The smallest absolute Gasteiger partial charge is 0.307 e. The third-order valence-corrected chi connectivity index (χ3v) is 1.72. The van der Waals surface area contributed by atoms with Gasteiger partial charge in [0.25, 0.3) is 0 Å². The van der Waals surface area contributed by atoms with Gasteiger partial charge in [-0.3, -0.25) is 9.59 Å². The van der Waals surface area contributed by atoms with Crippen molar-refractivity contribution in [2.45, 2.75) is 33.1 Å². The zero-order valence-corrected chi connectivity index (χ0v) is 8.08. The van der Waals surface area contributed by atoms with Gasteiger partial charge in [0.15, 0.2) is 0 Å². The van der Waals surface area contributed by atoms with Gasteiger partial charge in [-0.25, -0.2) is 0 Å². The van der Waals surface area contributed by atoms with Gasteiger partial charge >= 0.3 is 11.9 Å². The molecule has 0 aromatic carbocycles. The lowest BCUT2D eigenvalue weighted by molar-refractivity contribution is -0.151. The van der Waals surface area contributed by atoms with E-state index in [-0.39, 0.29) is 6.42 Å². The van der Waals surface area contributed by atoms with Crippen molar-refractivity contribution in [2.24, 2.45) is 5.92 Å². The van der Waals surface area contributed by atoms with Crippen LogP contribution < -0.4 is 0 Å². The van der Waals surface area contributed by atoms with Gasteiger partial charge in [-0.1, -0.05) is 13.8 Å². The molecule has 13 heavy (non-hydrogen) atoms. The van der Waals surface area contributed by atoms with Crippen molar-refractivity contribution in [3.05, 3.63) is 0 Å². The van der Waals surface area contributed by atoms with Gasteiger partial charge in [0, 0.05) is 0 Å². The number of carboxylic acids is 1. The van der Waals surface area contributed by atoms with Crippen LogP contribution in [0.25, 0.3) is 0 Å². The van der Waals surface area contributed by atoms with Crippen LogP contribution in [0.15, 0.2) is 0 Å². The zero-order valence-electron chi connectivity index (χ0n) is 8.08. The van der Waals surface area contributed by atoms with Gasteiger partial charge < -0.3 is 9.84 Å². The largest absolute Gasteiger partial charge is 0.481 e. The summed E-state index contributed by atoms with van der Waals surface area (Å²) in [5, 5.41) is 8.64. The fraction of sp³-hybridized carbons (Fsp3) is 0.778. The second-order valence-electron chi connectivity index (χ2n) is 2.87. The lowest BCUT2D eigenvalue weighted by atomic mass is 10.0. The summed E-state index contributed by atoms with van der Waals surface area (Å²) in [6.07, 6.45) is 1.19. The van der Waals surface area contributed by atoms with Crippen LogP contribution in [0.5, 0.6) is 0 Å². The Morgan fingerprint density at radius 3 is 2.38 bits per heavy atom. The van der Waals surface area contributed by atoms with Crippen LogP contribution in [0, 0.1) is 5.92 Å². The van der Waals surface area contributed by atoms with Crippen LogP contribution >= 0.6 is 0 Å². The van der Waals surface area contributed by atoms with Crippen molar-refractivity contribution in [3.63, 3.8) is 0 Å². The van der Waals surface area contributed by atoms with Gasteiger partial charge in [-0.2, -0.15) is 0 Å². The molecule has 0 aromatic rings. The standard InChI is InChI=1S/C9H16O4/c1-3-5-13-8(10)6-7(4-2)9(11)12/h7H,3-6H2,1-2H3,(H,11,12). The molecule has 4 nitrogen and oxygen atoms in total. The molecule has 0 radical (unpaired) electrons. The summed E-state index contributed by atoms with van der Waals surface area (Å²) < 4.78 is 4.77. The Morgan fingerprint density at radius 1 is 1.38 bits per heavy atom. The number of hydrogen-bond donors (Lipinski definition) is 1. The summed E-state index contributed by atoms with van der Waals surface area (Å²) in [6, 6.07) is 0. The summed E-state index contributed by atoms with van der Waals surface area (Å²) >= 11 is 0. The van der Waals surface area contributed by atoms with Gasteiger partial charge in [0.2, 0.25) is 0 Å². The van der Waals surface area contributed by atoms with Crippen molar-refractivity contribution in [3.8, 4) is 0 Å². The molecule has 0 spiro atoms. The molecule has 1 N–H and O–H groups in total. The molecule has 0 aliphatic rings. The van der Waals surface area contributed by atoms with E-state index in [9.17, 15) is 9.59 Å². The minimum atomic E-state index is -0.934. The highest BCUT2D eigenvalue weighted by molar-refractivity contribution is 5.78. The lowest BCUT2D eigenvalue weighted by Crippen LogP contribution is -2.18. The summed E-state index contributed by atoms with van der Waals surface area (Å²) in [6.45, 7) is 4.00. The molecule has 0 fully saturated rings. The van der Waals surface area contributed by atoms with Crippen LogP contribution in [0.1, 0.15) is 33.1 Å². The molecule has 0 aliphatic carbocycles. The van der Waals surface area contributed by atoms with Crippen molar-refractivity contribution in [2.75, 3.05) is 6.61 Å². The average molecular weight is 188 g/mol. The van der Waals surface area contributed by atoms with E-state index in [1.807, 2.05) is 6.92 Å². The Balaban J connectivity index is 3.80. The number of aliphatic carboxylic acids is 1. The number of esters is 1. The van der Waals surface area contributed by atoms with Gasteiger partial charge in [0.1, 0.15) is 0 Å². The minimum Gasteiger partial charge on any atom is -0.481 e. The minimum absolute atomic E-state index is 0.0220. The third kappa shape index (κ3) is 5.22. The maximum absolute atomic E-state index is 11.0. The molecule has 0 saturated carbocycles. The van der Waals surface area contributed by atoms with Crippen molar-refractivity contribution in [1.29, 1.82) is 0 Å². The quantitative estimate of drug-likeness (QED) is 0.640. The molecule has 0 aliphatic heterocycles. The van der Waals surface area contributed by atoms with Crippen molar-refractivity contribution >= 4 is 11.9 Å². The Kier molecular flexibility index (Phi) is 5.93. The molecule has 0 amide bonds. The van der Waals surface area contributed by atoms with Crippen molar-refractivity contribution < 1.29 is 19.4 Å². The van der Waals surface area contributed by atoms with E-state index in [0.717, 1.165) is 6.42 Å². The fourth-order valence-corrected chi connectivity index (χ4v) is 0.882. The van der Waals surface area contributed by atoms with Gasteiger partial charge in [0.05, 0.1) is 18.9 Å². The number of carbonyl (C=O) groups excluding carboxylic acids is 1. The molecule has 0 saturated heterocycles. The molecular formula is C9H16O4. The van der Waals surface area contributed by atoms with Crippen LogP contribution in [-0.2, 0) is 14.3 Å². The van der Waals surface area contributed by atoms with Crippen LogP contribution in [0.2, 0.25) is 0 Å². The molecule has 76 valence electrons. The Labute approximate surface area is 77.9 Å². The van der Waals surface area contributed by atoms with Gasteiger partial charge in [-0.15, -0.1) is 0 Å². The Morgan fingerprint density at radius 2 is 2.00 bits per heavy atom. The van der Waals surface area contributed by atoms with E-state index in [0.29, 0.717) is 13.0 Å². The van der Waals surface area contributed by atoms with Crippen molar-refractivity contribution in [1.82, 2.24) is 0 Å². The SMILES string of the molecule is CCCOC(=O)CC(CC)C(=O)O. The highest BCUT2D eigenvalue weighted by Gasteiger charge is 2.19. The van der Waals surface area contributed by atoms with Gasteiger partial charge in [-0.05, 0) is 12.8 Å². The van der Waals surface area contributed by atoms with E-state index in [4.69, 9.17) is 9.84 Å². The molecule has 0 aromatic heterocycles. The fourth-order valence-electron chi connectivity index (χ4n) is 0.882. The van der Waals surface area contributed by atoms with E-state index in [1.165, 1.54) is 0 Å². The first kappa shape index (κ1) is 11.9. The molecule has 1 unspecified atom stereocenters. The monoisotopic (exact) mass is 188 g/mol. The number of hydrogen-bond acceptors (Lipinski definition) is 3. The Bertz CT molecular complexity index is 176. The second kappa shape index (κ2) is 6.46. The zero-order chi connectivity index (χ0) is 10.3. The molecule has 1 atom stereocenters. The molecule has 4 heteroatoms. The molecule has 0 heterocycles. The molecule has 0 bridgehead atoms. The summed E-state index contributed by atoms with van der Waals surface area (Å²) in [5.41, 5.74) is 0. The van der Waals surface area contributed by atoms with E-state index in [1.54, 1.807) is 6.92 Å². The first-order chi connectivity index (χ1) is 6.11. The van der Waals surface area contributed by atoms with E-state index < -0.39 is 17.9 Å². The summed E-state index contributed by atoms with van der Waals surface area (Å²) in [7, 11) is 0. The van der Waals surface area contributed by atoms with E-state index in [2.05, 4.69) is 0 Å². The first-order valence-corrected chi connectivity index (χ1v) is 4.50. The first-order valence-electron chi connectivity index (χ1n) is 4.50. The molecule has 0 rings (SSSR count). The number of carbonyl (C=O) groups is 2. The highest BCUT2D eigenvalue weighted by atomic mass is 16.5. The normalized spacial score (nSPS) is 12.2. The van der Waals surface area contributed by atoms with Crippen LogP contribution in [0.3, 0.4) is 0 Å².